The summed E-state index contributed by atoms with van der Waals surface area (Å²) in [6.07, 6.45) is 2.70. The molecule has 1 aliphatic carbocycles. The van der Waals surface area contributed by atoms with Crippen molar-refractivity contribution in [2.24, 2.45) is 0 Å². The molecule has 6 heteroatoms. The lowest BCUT2D eigenvalue weighted by molar-refractivity contribution is 0.102. The Kier molecular flexibility index (Phi) is 4.92. The van der Waals surface area contributed by atoms with Gasteiger partial charge in [0.2, 0.25) is 0 Å². The topological polar surface area (TPSA) is 84.4 Å². The lowest BCUT2D eigenvalue weighted by atomic mass is 10.0. The van der Waals surface area contributed by atoms with E-state index in [1.807, 2.05) is 24.6 Å². The Morgan fingerprint density at radius 1 is 1.52 bits per heavy atom. The van der Waals surface area contributed by atoms with Crippen LogP contribution in [0, 0.1) is 0 Å². The van der Waals surface area contributed by atoms with Crippen molar-refractivity contribution in [2.75, 3.05) is 5.73 Å². The molecule has 0 aromatic carbocycles. The quantitative estimate of drug-likeness (QED) is 0.886. The van der Waals surface area contributed by atoms with E-state index in [1.54, 1.807) is 4.90 Å². The molecule has 23 heavy (non-hydrogen) atoms. The molecule has 0 radical (unpaired) electrons. The van der Waals surface area contributed by atoms with E-state index in [1.165, 1.54) is 0 Å². The summed E-state index contributed by atoms with van der Waals surface area (Å²) in [7, 11) is 0. The predicted molar refractivity (Wildman–Crippen MR) is 91.6 cm³/mol. The molecule has 3 N–H and O–H groups in total. The van der Waals surface area contributed by atoms with Gasteiger partial charge in [-0.3, -0.25) is 0 Å². The fourth-order valence-corrected chi connectivity index (χ4v) is 3.53. The van der Waals surface area contributed by atoms with Crippen molar-refractivity contribution in [3.63, 3.8) is 0 Å². The molecule has 1 aromatic heterocycles. The van der Waals surface area contributed by atoms with Gasteiger partial charge >= 0.3 is 6.09 Å². The second kappa shape index (κ2) is 6.42. The molecule has 1 heterocycles. The van der Waals surface area contributed by atoms with Crippen LogP contribution in [0.25, 0.3) is 0 Å². The van der Waals surface area contributed by atoms with Gasteiger partial charge in [0.1, 0.15) is 5.82 Å². The SMILES string of the molecule is CC[C@H](C)N(C(=O)O)C1CCC(c2cc(N)n(C(C)(C)C)n2)C1. The number of nitrogens with zero attached hydrogens (tertiary/aromatic N) is 3. The molecule has 0 spiro atoms. The molecule has 1 aromatic rings. The maximum absolute atomic E-state index is 11.6. The van der Waals surface area contributed by atoms with Crippen molar-refractivity contribution < 1.29 is 9.90 Å². The molecule has 0 saturated heterocycles. The van der Waals surface area contributed by atoms with E-state index >= 15 is 0 Å². The highest BCUT2D eigenvalue weighted by atomic mass is 16.4. The first-order valence-electron chi connectivity index (χ1n) is 8.52. The third-order valence-electron chi connectivity index (χ3n) is 4.89. The molecule has 2 unspecified atom stereocenters. The van der Waals surface area contributed by atoms with E-state index < -0.39 is 6.09 Å². The third-order valence-corrected chi connectivity index (χ3v) is 4.89. The zero-order valence-electron chi connectivity index (χ0n) is 14.9. The fourth-order valence-electron chi connectivity index (χ4n) is 3.53. The van der Waals surface area contributed by atoms with E-state index in [-0.39, 0.29) is 23.5 Å². The third kappa shape index (κ3) is 3.62. The Morgan fingerprint density at radius 2 is 2.17 bits per heavy atom. The first kappa shape index (κ1) is 17.6. The summed E-state index contributed by atoms with van der Waals surface area (Å²) in [5, 5.41) is 14.2. The van der Waals surface area contributed by atoms with Crippen LogP contribution in [-0.2, 0) is 5.54 Å². The summed E-state index contributed by atoms with van der Waals surface area (Å²) in [5.41, 5.74) is 6.95. The smallest absolute Gasteiger partial charge is 0.407 e. The predicted octanol–water partition coefficient (Wildman–Crippen LogP) is 3.63. The number of hydrogen-bond donors (Lipinski definition) is 2. The Bertz CT molecular complexity index is 561. The summed E-state index contributed by atoms with van der Waals surface area (Å²) >= 11 is 0. The van der Waals surface area contributed by atoms with Gasteiger partial charge in [0, 0.05) is 24.1 Å². The van der Waals surface area contributed by atoms with Crippen molar-refractivity contribution in [1.82, 2.24) is 14.7 Å². The standard InChI is InChI=1S/C17H30N4O2/c1-6-11(2)20(16(22)23)13-8-7-12(9-13)14-10-15(18)21(19-14)17(3,4)5/h10-13H,6-9,18H2,1-5H3,(H,22,23)/t11-,12?,13?/m0/s1. The molecule has 1 saturated carbocycles. The minimum Gasteiger partial charge on any atom is -0.465 e. The van der Waals surface area contributed by atoms with Crippen molar-refractivity contribution in [1.29, 1.82) is 0 Å². The van der Waals surface area contributed by atoms with Gasteiger partial charge in [-0.1, -0.05) is 6.92 Å². The number of carboxylic acid groups (broad SMARTS) is 1. The summed E-state index contributed by atoms with van der Waals surface area (Å²) in [6, 6.07) is 2.08. The van der Waals surface area contributed by atoms with Crippen molar-refractivity contribution in [2.45, 2.75) is 83.8 Å². The number of amides is 1. The molecule has 0 bridgehead atoms. The molecule has 1 fully saturated rings. The van der Waals surface area contributed by atoms with Crippen LogP contribution in [0.4, 0.5) is 10.6 Å². The van der Waals surface area contributed by atoms with Crippen molar-refractivity contribution in [3.05, 3.63) is 11.8 Å². The molecule has 6 nitrogen and oxygen atoms in total. The van der Waals surface area contributed by atoms with E-state index in [4.69, 9.17) is 10.8 Å². The van der Waals surface area contributed by atoms with Crippen LogP contribution in [0.2, 0.25) is 0 Å². The molecule has 0 aliphatic heterocycles. The Morgan fingerprint density at radius 3 is 2.65 bits per heavy atom. The molecule has 2 rings (SSSR count). The van der Waals surface area contributed by atoms with Crippen LogP contribution in [-0.4, -0.2) is 38.0 Å². The molecule has 1 aliphatic rings. The lowest BCUT2D eigenvalue weighted by Gasteiger charge is -2.31. The van der Waals surface area contributed by atoms with Crippen molar-refractivity contribution >= 4 is 11.9 Å². The first-order valence-corrected chi connectivity index (χ1v) is 8.52. The van der Waals surface area contributed by atoms with Crippen LogP contribution in [0.1, 0.15) is 71.9 Å². The second-order valence-electron chi connectivity index (χ2n) is 7.69. The van der Waals surface area contributed by atoms with Crippen LogP contribution >= 0.6 is 0 Å². The molecular weight excluding hydrogens is 292 g/mol. The monoisotopic (exact) mass is 322 g/mol. The van der Waals surface area contributed by atoms with Crippen LogP contribution in [0.3, 0.4) is 0 Å². The molecule has 1 amide bonds. The maximum atomic E-state index is 11.6. The fraction of sp³-hybridized carbons (Fsp3) is 0.765. The average molecular weight is 322 g/mol. The number of hydrogen-bond acceptors (Lipinski definition) is 3. The number of aromatic nitrogens is 2. The van der Waals surface area contributed by atoms with Gasteiger partial charge < -0.3 is 15.7 Å². The second-order valence-corrected chi connectivity index (χ2v) is 7.69. The highest BCUT2D eigenvalue weighted by Gasteiger charge is 2.36. The van der Waals surface area contributed by atoms with E-state index in [9.17, 15) is 9.90 Å². The Hall–Kier alpha value is -1.72. The van der Waals surface area contributed by atoms with E-state index in [2.05, 4.69) is 20.8 Å². The normalized spacial score (nSPS) is 23.0. The average Bonchev–Trinajstić information content (AvgIpc) is 3.04. The van der Waals surface area contributed by atoms with Gasteiger partial charge in [-0.25, -0.2) is 9.48 Å². The summed E-state index contributed by atoms with van der Waals surface area (Å²) in [6.45, 7) is 10.2. The number of nitrogens with two attached hydrogens (primary N) is 1. The first-order chi connectivity index (χ1) is 10.6. The zero-order chi connectivity index (χ0) is 17.4. The van der Waals surface area contributed by atoms with Gasteiger partial charge in [0.05, 0.1) is 11.2 Å². The largest absolute Gasteiger partial charge is 0.465 e. The molecule has 130 valence electrons. The van der Waals surface area contributed by atoms with Crippen molar-refractivity contribution in [3.8, 4) is 0 Å². The number of rotatable bonds is 4. The highest BCUT2D eigenvalue weighted by molar-refractivity contribution is 5.66. The summed E-state index contributed by atoms with van der Waals surface area (Å²) in [4.78, 5) is 13.2. The number of carbonyl (C=O) groups is 1. The highest BCUT2D eigenvalue weighted by Crippen LogP contribution is 2.38. The number of anilines is 1. The van der Waals surface area contributed by atoms with Gasteiger partial charge in [-0.2, -0.15) is 5.10 Å². The minimum absolute atomic E-state index is 0.0495. The maximum Gasteiger partial charge on any atom is 0.407 e. The Balaban J connectivity index is 2.15. The lowest BCUT2D eigenvalue weighted by Crippen LogP contribution is -2.44. The summed E-state index contributed by atoms with van der Waals surface area (Å²) in [5.74, 6) is 0.963. The summed E-state index contributed by atoms with van der Waals surface area (Å²) < 4.78 is 1.86. The minimum atomic E-state index is -0.815. The number of nitrogen functional groups attached to an aromatic ring is 1. The van der Waals surface area contributed by atoms with Crippen LogP contribution in [0.15, 0.2) is 6.07 Å². The van der Waals surface area contributed by atoms with Gasteiger partial charge in [-0.15, -0.1) is 0 Å². The Labute approximate surface area is 138 Å². The van der Waals surface area contributed by atoms with Gasteiger partial charge in [-0.05, 0) is 53.4 Å². The van der Waals surface area contributed by atoms with E-state index in [0.717, 1.165) is 31.4 Å². The van der Waals surface area contributed by atoms with Gasteiger partial charge in [0.15, 0.2) is 0 Å². The zero-order valence-corrected chi connectivity index (χ0v) is 14.9. The molecule has 3 atom stereocenters. The van der Waals surface area contributed by atoms with Crippen LogP contribution < -0.4 is 5.73 Å². The van der Waals surface area contributed by atoms with E-state index in [0.29, 0.717) is 5.82 Å². The van der Waals surface area contributed by atoms with Gasteiger partial charge in [0.25, 0.3) is 0 Å². The van der Waals surface area contributed by atoms with Crippen LogP contribution in [0.5, 0.6) is 0 Å². The molecular formula is C17H30N4O2.